The lowest BCUT2D eigenvalue weighted by Gasteiger charge is -2.58. The van der Waals surface area contributed by atoms with Crippen LogP contribution in [0.3, 0.4) is 0 Å². The van der Waals surface area contributed by atoms with Crippen LogP contribution >= 0.6 is 0 Å². The van der Waals surface area contributed by atoms with Crippen LogP contribution in [0, 0.1) is 5.41 Å². The van der Waals surface area contributed by atoms with E-state index in [2.05, 4.69) is 31.2 Å². The van der Waals surface area contributed by atoms with Gasteiger partial charge in [-0.1, -0.05) is 24.3 Å². The topological polar surface area (TPSA) is 18.5 Å². The van der Waals surface area contributed by atoms with Crippen molar-refractivity contribution in [1.29, 1.82) is 0 Å². The van der Waals surface area contributed by atoms with Crippen molar-refractivity contribution in [2.24, 2.45) is 5.41 Å². The van der Waals surface area contributed by atoms with E-state index >= 15 is 0 Å². The van der Waals surface area contributed by atoms with Gasteiger partial charge in [-0.05, 0) is 30.9 Å². The molecule has 4 rings (SSSR count). The molecule has 1 aromatic rings. The summed E-state index contributed by atoms with van der Waals surface area (Å²) in [6, 6.07) is 8.69. The Morgan fingerprint density at radius 3 is 2.62 bits per heavy atom. The minimum absolute atomic E-state index is 0.0276. The van der Waals surface area contributed by atoms with Crippen molar-refractivity contribution in [3.63, 3.8) is 0 Å². The zero-order valence-electron chi connectivity index (χ0n) is 9.53. The van der Waals surface area contributed by atoms with Crippen LogP contribution in [-0.2, 0) is 15.1 Å². The summed E-state index contributed by atoms with van der Waals surface area (Å²) in [6.45, 7) is 4.04. The van der Waals surface area contributed by atoms with Gasteiger partial charge < -0.3 is 9.47 Å². The molecular weight excluding hydrogens is 200 g/mol. The maximum absolute atomic E-state index is 6.23. The highest BCUT2D eigenvalue weighted by Crippen LogP contribution is 2.64. The van der Waals surface area contributed by atoms with E-state index in [0.717, 1.165) is 26.1 Å². The first-order valence-corrected chi connectivity index (χ1v) is 6.08. The highest BCUT2D eigenvalue weighted by atomic mass is 16.5. The molecule has 1 saturated carbocycles. The van der Waals surface area contributed by atoms with Gasteiger partial charge in [-0.3, -0.25) is 0 Å². The molecule has 2 spiro atoms. The van der Waals surface area contributed by atoms with E-state index in [1.54, 1.807) is 0 Å². The van der Waals surface area contributed by atoms with Crippen molar-refractivity contribution in [1.82, 2.24) is 0 Å². The number of rotatable bonds is 0. The number of fused-ring (bicyclic) bond motifs is 2. The minimum atomic E-state index is 0.0276. The van der Waals surface area contributed by atoms with Gasteiger partial charge in [-0.15, -0.1) is 0 Å². The monoisotopic (exact) mass is 216 g/mol. The maximum Gasteiger partial charge on any atom is 0.0957 e. The van der Waals surface area contributed by atoms with Gasteiger partial charge in [0, 0.05) is 5.41 Å². The van der Waals surface area contributed by atoms with Gasteiger partial charge in [0.15, 0.2) is 0 Å². The first-order valence-electron chi connectivity index (χ1n) is 6.08. The van der Waals surface area contributed by atoms with Crippen LogP contribution in [0.25, 0.3) is 0 Å². The predicted molar refractivity (Wildman–Crippen MR) is 60.1 cm³/mol. The molecule has 0 bridgehead atoms. The Bertz CT molecular complexity index is 440. The predicted octanol–water partition coefficient (Wildman–Crippen LogP) is 2.78. The van der Waals surface area contributed by atoms with E-state index in [1.807, 2.05) is 0 Å². The molecular formula is C14H16O2. The molecule has 0 N–H and O–H groups in total. The molecule has 2 nitrogen and oxygen atoms in total. The minimum Gasteiger partial charge on any atom is -0.380 e. The molecule has 0 radical (unpaired) electrons. The van der Waals surface area contributed by atoms with Crippen LogP contribution in [0.5, 0.6) is 0 Å². The van der Waals surface area contributed by atoms with Gasteiger partial charge in [-0.25, -0.2) is 0 Å². The van der Waals surface area contributed by atoms with E-state index in [1.165, 1.54) is 11.1 Å². The van der Waals surface area contributed by atoms with E-state index < -0.39 is 0 Å². The van der Waals surface area contributed by atoms with Crippen LogP contribution in [0.1, 0.15) is 37.0 Å². The molecule has 0 amide bonds. The highest BCUT2D eigenvalue weighted by molar-refractivity contribution is 5.41. The molecule has 1 saturated heterocycles. The molecule has 1 aromatic carbocycles. The lowest BCUT2D eigenvalue weighted by atomic mass is 9.56. The molecule has 3 aliphatic rings. The van der Waals surface area contributed by atoms with Crippen LogP contribution in [0.2, 0.25) is 0 Å². The van der Waals surface area contributed by atoms with E-state index in [-0.39, 0.29) is 11.7 Å². The second-order valence-corrected chi connectivity index (χ2v) is 5.69. The smallest absolute Gasteiger partial charge is 0.0957 e. The third-order valence-corrected chi connectivity index (χ3v) is 4.43. The Morgan fingerprint density at radius 2 is 1.94 bits per heavy atom. The number of hydrogen-bond acceptors (Lipinski definition) is 2. The Hall–Kier alpha value is -0.860. The Labute approximate surface area is 95.6 Å². The molecule has 2 heteroatoms. The van der Waals surface area contributed by atoms with E-state index in [4.69, 9.17) is 9.47 Å². The summed E-state index contributed by atoms with van der Waals surface area (Å²) in [7, 11) is 0. The van der Waals surface area contributed by atoms with Crippen molar-refractivity contribution in [2.75, 3.05) is 13.2 Å². The lowest BCUT2D eigenvalue weighted by Crippen LogP contribution is -2.59. The second-order valence-electron chi connectivity index (χ2n) is 5.69. The van der Waals surface area contributed by atoms with E-state index in [9.17, 15) is 0 Å². The van der Waals surface area contributed by atoms with Gasteiger partial charge in [0.2, 0.25) is 0 Å². The Kier molecular flexibility index (Phi) is 1.55. The second kappa shape index (κ2) is 2.69. The summed E-state index contributed by atoms with van der Waals surface area (Å²) in [6.07, 6.45) is 2.57. The van der Waals surface area contributed by atoms with Crippen molar-refractivity contribution in [3.05, 3.63) is 35.4 Å². The largest absolute Gasteiger partial charge is 0.380 e. The third kappa shape index (κ3) is 0.950. The number of ether oxygens (including phenoxy) is 2. The lowest BCUT2D eigenvalue weighted by molar-refractivity contribution is -0.264. The highest BCUT2D eigenvalue weighted by Gasteiger charge is 2.62. The molecule has 2 fully saturated rings. The zero-order chi connectivity index (χ0) is 10.8. The van der Waals surface area contributed by atoms with Crippen molar-refractivity contribution < 1.29 is 9.47 Å². The number of hydrogen-bond donors (Lipinski definition) is 0. The average molecular weight is 216 g/mol. The normalized spacial score (nSPS) is 32.2. The van der Waals surface area contributed by atoms with Gasteiger partial charge in [0.25, 0.3) is 0 Å². The van der Waals surface area contributed by atoms with Crippen LogP contribution < -0.4 is 0 Å². The zero-order valence-corrected chi connectivity index (χ0v) is 9.53. The molecule has 16 heavy (non-hydrogen) atoms. The summed E-state index contributed by atoms with van der Waals surface area (Å²) in [4.78, 5) is 0. The maximum atomic E-state index is 6.23. The van der Waals surface area contributed by atoms with Gasteiger partial charge in [-0.2, -0.15) is 0 Å². The standard InChI is InChI=1S/C14H16O2/c1-10-11-4-2-3-5-12(11)14(16-10)6-13(7-14)8-15-9-13/h2-5,10H,6-9H2,1H3. The molecule has 1 aliphatic carbocycles. The van der Waals surface area contributed by atoms with Gasteiger partial charge >= 0.3 is 0 Å². The summed E-state index contributed by atoms with van der Waals surface area (Å²) >= 11 is 0. The fourth-order valence-corrected chi connectivity index (χ4v) is 3.76. The summed E-state index contributed by atoms with van der Waals surface area (Å²) in [5.41, 5.74) is 3.30. The SMILES string of the molecule is CC1OC2(CC3(COC3)C2)c2ccccc21. The fourth-order valence-electron chi connectivity index (χ4n) is 3.76. The third-order valence-electron chi connectivity index (χ3n) is 4.43. The fraction of sp³-hybridized carbons (Fsp3) is 0.571. The summed E-state index contributed by atoms with van der Waals surface area (Å²) < 4.78 is 11.6. The number of benzene rings is 1. The van der Waals surface area contributed by atoms with Crippen LogP contribution in [-0.4, -0.2) is 13.2 Å². The molecule has 1 unspecified atom stereocenters. The average Bonchev–Trinajstić information content (AvgIpc) is 2.48. The first kappa shape index (κ1) is 9.20. The van der Waals surface area contributed by atoms with Crippen LogP contribution in [0.15, 0.2) is 24.3 Å². The Morgan fingerprint density at radius 1 is 1.19 bits per heavy atom. The van der Waals surface area contributed by atoms with Crippen molar-refractivity contribution >= 4 is 0 Å². The van der Waals surface area contributed by atoms with Gasteiger partial charge in [0.1, 0.15) is 0 Å². The molecule has 2 aliphatic heterocycles. The van der Waals surface area contributed by atoms with E-state index in [0.29, 0.717) is 5.41 Å². The van der Waals surface area contributed by atoms with Crippen molar-refractivity contribution in [2.45, 2.75) is 31.5 Å². The molecule has 84 valence electrons. The first-order chi connectivity index (χ1) is 7.73. The molecule has 2 heterocycles. The van der Waals surface area contributed by atoms with Gasteiger partial charge in [0.05, 0.1) is 24.9 Å². The Balaban J connectivity index is 1.73. The quantitative estimate of drug-likeness (QED) is 0.664. The van der Waals surface area contributed by atoms with Crippen LogP contribution in [0.4, 0.5) is 0 Å². The summed E-state index contributed by atoms with van der Waals surface area (Å²) in [5.74, 6) is 0. The molecule has 1 atom stereocenters. The summed E-state index contributed by atoms with van der Waals surface area (Å²) in [5, 5.41) is 0. The molecule has 0 aromatic heterocycles. The van der Waals surface area contributed by atoms with Crippen molar-refractivity contribution in [3.8, 4) is 0 Å².